The maximum Gasteiger partial charge on any atom is 0.147 e. The number of pyridine rings is 1. The molecule has 0 unspecified atom stereocenters. The molecule has 2 aromatic heterocycles. The van der Waals surface area contributed by atoms with E-state index in [0.717, 1.165) is 93.3 Å². The molecule has 1 aromatic carbocycles. The average molecular weight is 438 g/mol. The molecule has 0 bridgehead atoms. The maximum absolute atomic E-state index is 15.1. The molecule has 7 heteroatoms. The van der Waals surface area contributed by atoms with Crippen LogP contribution in [0.15, 0.2) is 30.3 Å². The number of rotatable bonds is 5. The summed E-state index contributed by atoms with van der Waals surface area (Å²) >= 11 is 0. The highest BCUT2D eigenvalue weighted by Crippen LogP contribution is 2.32. The number of piperazine rings is 1. The van der Waals surface area contributed by atoms with Crippen molar-refractivity contribution in [2.24, 2.45) is 7.05 Å². The molecular formula is C25H32FN5O. The van der Waals surface area contributed by atoms with Gasteiger partial charge in [-0.25, -0.2) is 4.39 Å². The molecule has 0 aliphatic carbocycles. The fourth-order valence-corrected chi connectivity index (χ4v) is 4.88. The quantitative estimate of drug-likeness (QED) is 0.665. The first-order chi connectivity index (χ1) is 15.6. The number of hydrogen-bond donors (Lipinski definition) is 1. The maximum atomic E-state index is 15.1. The van der Waals surface area contributed by atoms with Crippen molar-refractivity contribution in [3.05, 3.63) is 47.5 Å². The van der Waals surface area contributed by atoms with Crippen LogP contribution in [0.1, 0.15) is 11.4 Å². The Labute approximate surface area is 189 Å². The number of fused-ring (bicyclic) bond motifs is 1. The Balaban J connectivity index is 1.46. The minimum absolute atomic E-state index is 0.177. The highest BCUT2D eigenvalue weighted by Gasteiger charge is 2.18. The van der Waals surface area contributed by atoms with E-state index in [1.165, 1.54) is 5.69 Å². The Bertz CT molecular complexity index is 1100. The molecule has 0 spiro atoms. The zero-order valence-electron chi connectivity index (χ0n) is 19.0. The minimum Gasteiger partial charge on any atom is -0.379 e. The van der Waals surface area contributed by atoms with Gasteiger partial charge in [0.2, 0.25) is 0 Å². The van der Waals surface area contributed by atoms with Gasteiger partial charge in [0.15, 0.2) is 0 Å². The molecule has 6 nitrogen and oxygen atoms in total. The molecule has 0 radical (unpaired) electrons. The van der Waals surface area contributed by atoms with Crippen LogP contribution in [0, 0.1) is 12.7 Å². The standard InChI is InChI=1S/C25H32FN5O/c1-18-15-24-21(17-20(29(24)2)5-8-30-11-13-32-14-12-30)25(28-18)19-3-4-23(22(26)16-19)31-9-6-27-7-10-31/h3-4,15-17,27H,5-14H2,1-2H3. The van der Waals surface area contributed by atoms with E-state index >= 15 is 4.39 Å². The predicted octanol–water partition coefficient (Wildman–Crippen LogP) is 2.97. The first-order valence-corrected chi connectivity index (χ1v) is 11.6. The fourth-order valence-electron chi connectivity index (χ4n) is 4.88. The van der Waals surface area contributed by atoms with Gasteiger partial charge in [0.05, 0.1) is 30.1 Å². The van der Waals surface area contributed by atoms with Crippen molar-refractivity contribution in [1.29, 1.82) is 0 Å². The lowest BCUT2D eigenvalue weighted by Crippen LogP contribution is -2.43. The summed E-state index contributed by atoms with van der Waals surface area (Å²) in [5, 5.41) is 4.41. The van der Waals surface area contributed by atoms with Crippen molar-refractivity contribution >= 4 is 16.6 Å². The largest absolute Gasteiger partial charge is 0.379 e. The number of hydrogen-bond acceptors (Lipinski definition) is 5. The monoisotopic (exact) mass is 437 g/mol. The van der Waals surface area contributed by atoms with E-state index in [9.17, 15) is 0 Å². The van der Waals surface area contributed by atoms with Crippen molar-refractivity contribution < 1.29 is 9.13 Å². The van der Waals surface area contributed by atoms with Gasteiger partial charge >= 0.3 is 0 Å². The van der Waals surface area contributed by atoms with Crippen LogP contribution in [0.5, 0.6) is 0 Å². The Morgan fingerprint density at radius 2 is 1.84 bits per heavy atom. The molecule has 170 valence electrons. The minimum atomic E-state index is -0.177. The number of benzene rings is 1. The van der Waals surface area contributed by atoms with Gasteiger partial charge in [-0.2, -0.15) is 0 Å². The summed E-state index contributed by atoms with van der Waals surface area (Å²) in [7, 11) is 2.12. The first-order valence-electron chi connectivity index (χ1n) is 11.6. The van der Waals surface area contributed by atoms with Crippen molar-refractivity contribution in [3.8, 4) is 11.3 Å². The van der Waals surface area contributed by atoms with Crippen molar-refractivity contribution in [1.82, 2.24) is 19.8 Å². The van der Waals surface area contributed by atoms with Crippen LogP contribution in [-0.4, -0.2) is 73.5 Å². The van der Waals surface area contributed by atoms with Crippen LogP contribution in [0.2, 0.25) is 0 Å². The smallest absolute Gasteiger partial charge is 0.147 e. The Kier molecular flexibility index (Phi) is 6.13. The Morgan fingerprint density at radius 1 is 1.06 bits per heavy atom. The van der Waals surface area contributed by atoms with Gasteiger partial charge in [0.1, 0.15) is 5.82 Å². The highest BCUT2D eigenvalue weighted by atomic mass is 19.1. The van der Waals surface area contributed by atoms with Crippen LogP contribution < -0.4 is 10.2 Å². The molecule has 32 heavy (non-hydrogen) atoms. The summed E-state index contributed by atoms with van der Waals surface area (Å²) < 4.78 is 22.9. The number of nitrogens with zero attached hydrogens (tertiary/aromatic N) is 4. The molecule has 2 aliphatic heterocycles. The van der Waals surface area contributed by atoms with E-state index in [-0.39, 0.29) is 5.82 Å². The highest BCUT2D eigenvalue weighted by molar-refractivity contribution is 5.94. The number of halogens is 1. The summed E-state index contributed by atoms with van der Waals surface area (Å²) in [5.41, 5.74) is 5.74. The normalized spacial score (nSPS) is 17.9. The third-order valence-electron chi connectivity index (χ3n) is 6.73. The zero-order chi connectivity index (χ0) is 22.1. The molecule has 0 atom stereocenters. The van der Waals surface area contributed by atoms with Gasteiger partial charge in [-0.15, -0.1) is 0 Å². The Morgan fingerprint density at radius 3 is 2.59 bits per heavy atom. The van der Waals surface area contributed by atoms with Crippen LogP contribution in [0.4, 0.5) is 10.1 Å². The molecule has 2 saturated heterocycles. The summed E-state index contributed by atoms with van der Waals surface area (Å²) in [6, 6.07) is 9.94. The molecule has 5 rings (SSSR count). The lowest BCUT2D eigenvalue weighted by molar-refractivity contribution is 0.0383. The topological polar surface area (TPSA) is 45.6 Å². The molecule has 1 N–H and O–H groups in total. The van der Waals surface area contributed by atoms with Crippen LogP contribution in [-0.2, 0) is 18.2 Å². The van der Waals surface area contributed by atoms with Gasteiger partial charge < -0.3 is 19.5 Å². The second-order valence-corrected chi connectivity index (χ2v) is 8.85. The molecule has 0 amide bonds. The van der Waals surface area contributed by atoms with Gasteiger partial charge in [0.25, 0.3) is 0 Å². The van der Waals surface area contributed by atoms with E-state index in [2.05, 4.69) is 38.9 Å². The molecule has 3 aromatic rings. The number of aryl methyl sites for hydroxylation is 2. The van der Waals surface area contributed by atoms with E-state index < -0.39 is 0 Å². The second kappa shape index (κ2) is 9.17. The van der Waals surface area contributed by atoms with Gasteiger partial charge in [-0.1, -0.05) is 6.07 Å². The molecule has 4 heterocycles. The van der Waals surface area contributed by atoms with E-state index in [1.807, 2.05) is 19.1 Å². The third kappa shape index (κ3) is 4.25. The lowest BCUT2D eigenvalue weighted by atomic mass is 10.1. The second-order valence-electron chi connectivity index (χ2n) is 8.85. The fraction of sp³-hybridized carbons (Fsp3) is 0.480. The van der Waals surface area contributed by atoms with Crippen molar-refractivity contribution in [3.63, 3.8) is 0 Å². The predicted molar refractivity (Wildman–Crippen MR) is 127 cm³/mol. The number of nitrogens with one attached hydrogen (secondary N) is 1. The van der Waals surface area contributed by atoms with Crippen molar-refractivity contribution in [2.45, 2.75) is 13.3 Å². The van der Waals surface area contributed by atoms with Crippen LogP contribution in [0.3, 0.4) is 0 Å². The van der Waals surface area contributed by atoms with E-state index in [4.69, 9.17) is 9.72 Å². The zero-order valence-corrected chi connectivity index (χ0v) is 19.0. The molecule has 0 saturated carbocycles. The Hall–Kier alpha value is -2.48. The van der Waals surface area contributed by atoms with E-state index in [0.29, 0.717) is 5.69 Å². The van der Waals surface area contributed by atoms with Gasteiger partial charge in [0, 0.05) is 81.6 Å². The molecular weight excluding hydrogens is 405 g/mol. The molecule has 2 aliphatic rings. The average Bonchev–Trinajstić information content (AvgIpc) is 3.13. The number of ether oxygens (including phenoxy) is 1. The summed E-state index contributed by atoms with van der Waals surface area (Å²) in [4.78, 5) is 9.40. The summed E-state index contributed by atoms with van der Waals surface area (Å²) in [6.45, 7) is 10.1. The number of anilines is 1. The summed E-state index contributed by atoms with van der Waals surface area (Å²) in [5.74, 6) is -0.177. The van der Waals surface area contributed by atoms with Gasteiger partial charge in [-0.05, 0) is 31.2 Å². The van der Waals surface area contributed by atoms with E-state index in [1.54, 1.807) is 6.07 Å². The first kappa shape index (κ1) is 21.4. The van der Waals surface area contributed by atoms with Crippen molar-refractivity contribution in [2.75, 3.05) is 63.9 Å². The van der Waals surface area contributed by atoms with Gasteiger partial charge in [-0.3, -0.25) is 9.88 Å². The SMILES string of the molecule is Cc1cc2c(cc(CCN3CCOCC3)n2C)c(-c2ccc(N3CCNCC3)c(F)c2)n1. The number of morpholine rings is 1. The lowest BCUT2D eigenvalue weighted by Gasteiger charge is -2.29. The van der Waals surface area contributed by atoms with Crippen LogP contribution in [0.25, 0.3) is 22.2 Å². The summed E-state index contributed by atoms with van der Waals surface area (Å²) in [6.07, 6.45) is 0.972. The molecule has 2 fully saturated rings. The third-order valence-corrected chi connectivity index (χ3v) is 6.73. The number of aromatic nitrogens is 2. The van der Waals surface area contributed by atoms with Crippen LogP contribution >= 0.6 is 0 Å².